The van der Waals surface area contributed by atoms with Crippen LogP contribution in [0.5, 0.6) is 0 Å². The van der Waals surface area contributed by atoms with E-state index in [1.807, 2.05) is 23.7 Å². The Morgan fingerprint density at radius 1 is 1.19 bits per heavy atom. The zero-order valence-electron chi connectivity index (χ0n) is 15.8. The summed E-state index contributed by atoms with van der Waals surface area (Å²) >= 11 is 1.54. The molecule has 3 rings (SSSR count). The number of aryl methyl sites for hydroxylation is 1. The third kappa shape index (κ3) is 5.59. The molecule has 0 spiro atoms. The SMILES string of the molecule is CSN(C)CC(=O)N1CCC1CO.Cc1ccccc1-c1ccccc1. The fourth-order valence-electron chi connectivity index (χ4n) is 2.82. The molecule has 26 heavy (non-hydrogen) atoms. The third-order valence-corrected chi connectivity index (χ3v) is 5.33. The maximum atomic E-state index is 11.5. The summed E-state index contributed by atoms with van der Waals surface area (Å²) in [4.78, 5) is 13.3. The molecule has 1 saturated heterocycles. The topological polar surface area (TPSA) is 43.8 Å². The Balaban J connectivity index is 0.000000187. The smallest absolute Gasteiger partial charge is 0.238 e. The highest BCUT2D eigenvalue weighted by Gasteiger charge is 2.31. The van der Waals surface area contributed by atoms with Gasteiger partial charge in [-0.3, -0.25) is 4.79 Å². The number of likely N-dealkylation sites (N-methyl/N-ethyl adjacent to an activating group) is 1. The van der Waals surface area contributed by atoms with E-state index >= 15 is 0 Å². The average Bonchev–Trinajstić information content (AvgIpc) is 2.62. The number of rotatable bonds is 5. The van der Waals surface area contributed by atoms with Gasteiger partial charge in [0.05, 0.1) is 19.2 Å². The lowest BCUT2D eigenvalue weighted by Crippen LogP contribution is -2.54. The highest BCUT2D eigenvalue weighted by Crippen LogP contribution is 2.22. The second-order valence-corrected chi connectivity index (χ2v) is 7.35. The van der Waals surface area contributed by atoms with Crippen molar-refractivity contribution in [2.45, 2.75) is 19.4 Å². The number of benzene rings is 2. The molecule has 0 aliphatic carbocycles. The molecule has 1 heterocycles. The van der Waals surface area contributed by atoms with Gasteiger partial charge in [-0.25, -0.2) is 4.31 Å². The van der Waals surface area contributed by atoms with Crippen LogP contribution in [0, 0.1) is 6.92 Å². The molecule has 2 aromatic rings. The number of hydrogen-bond acceptors (Lipinski definition) is 4. The van der Waals surface area contributed by atoms with Gasteiger partial charge < -0.3 is 10.0 Å². The third-order valence-electron chi connectivity index (χ3n) is 4.57. The number of nitrogens with zero attached hydrogens (tertiary/aromatic N) is 2. The van der Waals surface area contributed by atoms with Gasteiger partial charge in [0, 0.05) is 6.54 Å². The average molecular weight is 373 g/mol. The minimum Gasteiger partial charge on any atom is -0.394 e. The Kier molecular flexibility index (Phi) is 8.16. The largest absolute Gasteiger partial charge is 0.394 e. The molecule has 4 nitrogen and oxygen atoms in total. The molecule has 140 valence electrons. The number of amides is 1. The number of aliphatic hydroxyl groups is 1. The van der Waals surface area contributed by atoms with E-state index in [-0.39, 0.29) is 18.6 Å². The summed E-state index contributed by atoms with van der Waals surface area (Å²) in [7, 11) is 1.89. The van der Waals surface area contributed by atoms with Gasteiger partial charge >= 0.3 is 0 Å². The van der Waals surface area contributed by atoms with Gasteiger partial charge in [-0.2, -0.15) is 0 Å². The lowest BCUT2D eigenvalue weighted by molar-refractivity contribution is -0.140. The van der Waals surface area contributed by atoms with Crippen LogP contribution in [-0.2, 0) is 4.79 Å². The zero-order valence-corrected chi connectivity index (χ0v) is 16.6. The first-order valence-corrected chi connectivity index (χ1v) is 10.0. The van der Waals surface area contributed by atoms with Crippen LogP contribution in [0.1, 0.15) is 12.0 Å². The van der Waals surface area contributed by atoms with Gasteiger partial charge in [-0.15, -0.1) is 0 Å². The molecule has 1 atom stereocenters. The van der Waals surface area contributed by atoms with E-state index < -0.39 is 0 Å². The highest BCUT2D eigenvalue weighted by molar-refractivity contribution is 7.96. The van der Waals surface area contributed by atoms with E-state index in [4.69, 9.17) is 5.11 Å². The van der Waals surface area contributed by atoms with Crippen LogP contribution >= 0.6 is 11.9 Å². The molecular formula is C21H28N2O2S. The van der Waals surface area contributed by atoms with Crippen LogP contribution in [0.15, 0.2) is 54.6 Å². The molecular weight excluding hydrogens is 344 g/mol. The molecule has 1 unspecified atom stereocenters. The van der Waals surface area contributed by atoms with Crippen molar-refractivity contribution >= 4 is 17.9 Å². The predicted molar refractivity (Wildman–Crippen MR) is 110 cm³/mol. The highest BCUT2D eigenvalue weighted by atomic mass is 32.2. The number of aliphatic hydroxyl groups excluding tert-OH is 1. The van der Waals surface area contributed by atoms with Crippen LogP contribution in [0.2, 0.25) is 0 Å². The quantitative estimate of drug-likeness (QED) is 0.817. The van der Waals surface area contributed by atoms with Gasteiger partial charge in [-0.1, -0.05) is 66.5 Å². The Morgan fingerprint density at radius 2 is 1.85 bits per heavy atom. The van der Waals surface area contributed by atoms with E-state index in [9.17, 15) is 4.79 Å². The summed E-state index contributed by atoms with van der Waals surface area (Å²) in [6.45, 7) is 3.46. The van der Waals surface area contributed by atoms with Crippen LogP contribution in [0.3, 0.4) is 0 Å². The Labute approximate surface area is 161 Å². The van der Waals surface area contributed by atoms with Crippen molar-refractivity contribution in [3.63, 3.8) is 0 Å². The van der Waals surface area contributed by atoms with Crippen LogP contribution < -0.4 is 0 Å². The zero-order chi connectivity index (χ0) is 18.9. The van der Waals surface area contributed by atoms with Crippen molar-refractivity contribution in [2.75, 3.05) is 33.0 Å². The van der Waals surface area contributed by atoms with E-state index in [1.165, 1.54) is 28.6 Å². The normalized spacial score (nSPS) is 15.9. The number of carbonyl (C=O) groups is 1. The van der Waals surface area contributed by atoms with E-state index in [2.05, 4.69) is 55.5 Å². The summed E-state index contributed by atoms with van der Waals surface area (Å²) < 4.78 is 1.88. The second kappa shape index (κ2) is 10.4. The first kappa shape index (κ1) is 20.5. The number of carbonyl (C=O) groups excluding carboxylic acids is 1. The standard InChI is InChI=1S/C13H12.C8H16N2O2S/c1-11-7-5-6-10-13(11)12-8-3-2-4-9-12;1-9(13-2)5-8(12)10-4-3-7(10)6-11/h2-10H,1H3;7,11H,3-6H2,1-2H3. The maximum absolute atomic E-state index is 11.5. The van der Waals surface area contributed by atoms with Gasteiger partial charge in [-0.05, 0) is 43.3 Å². The van der Waals surface area contributed by atoms with E-state index in [0.717, 1.165) is 13.0 Å². The molecule has 1 fully saturated rings. The first-order chi connectivity index (χ1) is 12.6. The minimum absolute atomic E-state index is 0.0720. The fraction of sp³-hybridized carbons (Fsp3) is 0.381. The Hall–Kier alpha value is -1.82. The molecule has 1 aliphatic heterocycles. The molecule has 2 aromatic carbocycles. The van der Waals surface area contributed by atoms with Gasteiger partial charge in [0.1, 0.15) is 0 Å². The van der Waals surface area contributed by atoms with Gasteiger partial charge in [0.2, 0.25) is 5.91 Å². The second-order valence-electron chi connectivity index (χ2n) is 6.36. The molecule has 0 saturated carbocycles. The van der Waals surface area contributed by atoms with E-state index in [1.54, 1.807) is 4.90 Å². The van der Waals surface area contributed by atoms with Gasteiger partial charge in [0.25, 0.3) is 0 Å². The molecule has 1 amide bonds. The van der Waals surface area contributed by atoms with Crippen molar-refractivity contribution in [2.24, 2.45) is 0 Å². The summed E-state index contributed by atoms with van der Waals surface area (Å²) in [5.41, 5.74) is 3.94. The monoisotopic (exact) mass is 372 g/mol. The summed E-state index contributed by atoms with van der Waals surface area (Å²) in [5.74, 6) is 0.113. The number of likely N-dealkylation sites (tertiary alicyclic amines) is 1. The van der Waals surface area contributed by atoms with Crippen molar-refractivity contribution in [1.29, 1.82) is 0 Å². The van der Waals surface area contributed by atoms with Crippen molar-refractivity contribution in [1.82, 2.24) is 9.21 Å². The van der Waals surface area contributed by atoms with Crippen molar-refractivity contribution in [3.8, 4) is 11.1 Å². The maximum Gasteiger partial charge on any atom is 0.238 e. The summed E-state index contributed by atoms with van der Waals surface area (Å²) in [5, 5.41) is 8.88. The van der Waals surface area contributed by atoms with Crippen LogP contribution in [0.4, 0.5) is 0 Å². The Morgan fingerprint density at radius 3 is 2.38 bits per heavy atom. The lowest BCUT2D eigenvalue weighted by atomic mass is 10.0. The molecule has 1 aliphatic rings. The van der Waals surface area contributed by atoms with Gasteiger partial charge in [0.15, 0.2) is 0 Å². The molecule has 0 radical (unpaired) electrons. The fourth-order valence-corrected chi connectivity index (χ4v) is 3.06. The van der Waals surface area contributed by atoms with Crippen LogP contribution in [-0.4, -0.2) is 59.3 Å². The lowest BCUT2D eigenvalue weighted by Gasteiger charge is -2.40. The molecule has 0 aromatic heterocycles. The minimum atomic E-state index is 0.0720. The summed E-state index contributed by atoms with van der Waals surface area (Å²) in [6, 6.07) is 19.0. The molecule has 5 heteroatoms. The number of hydrogen-bond donors (Lipinski definition) is 1. The predicted octanol–water partition coefficient (Wildman–Crippen LogP) is 3.45. The van der Waals surface area contributed by atoms with E-state index in [0.29, 0.717) is 6.54 Å². The van der Waals surface area contributed by atoms with Crippen molar-refractivity contribution < 1.29 is 9.90 Å². The first-order valence-electron chi connectivity index (χ1n) is 8.83. The van der Waals surface area contributed by atoms with Crippen molar-refractivity contribution in [3.05, 3.63) is 60.2 Å². The summed E-state index contributed by atoms with van der Waals surface area (Å²) in [6.07, 6.45) is 2.87. The van der Waals surface area contributed by atoms with Crippen LogP contribution in [0.25, 0.3) is 11.1 Å². The molecule has 1 N–H and O–H groups in total. The Bertz CT molecular complexity index is 691. The molecule has 0 bridgehead atoms.